The van der Waals surface area contributed by atoms with Crippen LogP contribution in [0.1, 0.15) is 79.7 Å². The average Bonchev–Trinajstić information content (AvgIpc) is 3.20. The van der Waals surface area contributed by atoms with Gasteiger partial charge in [-0.05, 0) is 40.2 Å². The lowest BCUT2D eigenvalue weighted by molar-refractivity contribution is -0.137. The number of pyridine rings is 1. The summed E-state index contributed by atoms with van der Waals surface area (Å²) >= 11 is 0.626. The van der Waals surface area contributed by atoms with E-state index in [-0.39, 0.29) is 44.5 Å². The number of alkyl halides is 3. The largest absolute Gasteiger partial charge is 0.417 e. The molecule has 1 saturated heterocycles. The number of sulfone groups is 1. The zero-order valence-electron chi connectivity index (χ0n) is 21.8. The van der Waals surface area contributed by atoms with Crippen LogP contribution in [0.5, 0.6) is 0 Å². The molecule has 3 heterocycles. The molecule has 2 aromatic heterocycles. The standard InChI is InChI=1S/C24H32F3N5O4S2/c1-6-7-8-13(2)29-20(33)18-19(37-22(31-18)21(34)30-14-11-38(35,36)12-14)15-10-28-17(32-23(3,4)5)9-16(15)24(25,26)27/h9-10,13-14H,6-8,11-12H2,1-5H3,(H,28,32)(H,29,33)(H,30,34)/t13-/m0/s1. The zero-order valence-corrected chi connectivity index (χ0v) is 23.5. The Morgan fingerprint density at radius 2 is 1.84 bits per heavy atom. The number of rotatable bonds is 9. The van der Waals surface area contributed by atoms with Gasteiger partial charge in [0, 0.05) is 23.3 Å². The number of hydrogen-bond donors (Lipinski definition) is 3. The summed E-state index contributed by atoms with van der Waals surface area (Å²) in [5, 5.41) is 7.92. The number of thiazole rings is 1. The van der Waals surface area contributed by atoms with Crippen LogP contribution in [0.2, 0.25) is 0 Å². The smallest absolute Gasteiger partial charge is 0.365 e. The monoisotopic (exact) mass is 575 g/mol. The minimum Gasteiger partial charge on any atom is -0.365 e. The van der Waals surface area contributed by atoms with Gasteiger partial charge in [-0.15, -0.1) is 11.3 Å². The van der Waals surface area contributed by atoms with Gasteiger partial charge in [0.05, 0.1) is 28.0 Å². The van der Waals surface area contributed by atoms with Crippen LogP contribution in [-0.4, -0.2) is 59.3 Å². The maximum Gasteiger partial charge on any atom is 0.417 e. The lowest BCUT2D eigenvalue weighted by Gasteiger charge is -2.25. The Labute approximate surface area is 223 Å². The predicted octanol–water partition coefficient (Wildman–Crippen LogP) is 4.27. The molecule has 0 bridgehead atoms. The zero-order chi connectivity index (χ0) is 28.5. The molecule has 0 aliphatic carbocycles. The third-order valence-electron chi connectivity index (χ3n) is 5.61. The Bertz CT molecular complexity index is 1290. The van der Waals surface area contributed by atoms with Gasteiger partial charge in [0.1, 0.15) is 11.5 Å². The Hall–Kier alpha value is -2.74. The van der Waals surface area contributed by atoms with Gasteiger partial charge in [-0.2, -0.15) is 13.2 Å². The van der Waals surface area contributed by atoms with Gasteiger partial charge in [0.25, 0.3) is 11.8 Å². The number of nitrogens with zero attached hydrogens (tertiary/aromatic N) is 2. The second-order valence-electron chi connectivity index (χ2n) is 10.4. The first-order valence-electron chi connectivity index (χ1n) is 12.2. The van der Waals surface area contributed by atoms with E-state index in [9.17, 15) is 31.2 Å². The van der Waals surface area contributed by atoms with E-state index < -0.39 is 45.0 Å². The Morgan fingerprint density at radius 1 is 1.18 bits per heavy atom. The molecular formula is C24H32F3N5O4S2. The van der Waals surface area contributed by atoms with Crippen molar-refractivity contribution in [2.75, 3.05) is 16.8 Å². The molecule has 210 valence electrons. The van der Waals surface area contributed by atoms with Gasteiger partial charge >= 0.3 is 6.18 Å². The topological polar surface area (TPSA) is 130 Å². The highest BCUT2D eigenvalue weighted by Gasteiger charge is 2.38. The molecular weight excluding hydrogens is 543 g/mol. The van der Waals surface area contributed by atoms with Gasteiger partial charge in [0.2, 0.25) is 0 Å². The second-order valence-corrected chi connectivity index (χ2v) is 13.6. The first kappa shape index (κ1) is 29.8. The summed E-state index contributed by atoms with van der Waals surface area (Å²) in [6, 6.07) is -0.0282. The van der Waals surface area contributed by atoms with Crippen LogP contribution in [0.25, 0.3) is 10.4 Å². The third-order valence-corrected chi connectivity index (χ3v) is 8.52. The first-order valence-corrected chi connectivity index (χ1v) is 14.8. The number of hydrogen-bond acceptors (Lipinski definition) is 8. The highest BCUT2D eigenvalue weighted by atomic mass is 32.2. The molecule has 3 rings (SSSR count). The van der Waals surface area contributed by atoms with Crippen LogP contribution in [-0.2, 0) is 16.0 Å². The van der Waals surface area contributed by atoms with Crippen molar-refractivity contribution in [1.29, 1.82) is 0 Å². The number of anilines is 1. The Balaban J connectivity index is 2.05. The summed E-state index contributed by atoms with van der Waals surface area (Å²) in [7, 11) is -3.21. The molecule has 1 atom stereocenters. The molecule has 0 radical (unpaired) electrons. The molecule has 14 heteroatoms. The summed E-state index contributed by atoms with van der Waals surface area (Å²) in [5.74, 6) is -1.94. The molecule has 1 fully saturated rings. The molecule has 0 unspecified atom stereocenters. The van der Waals surface area contributed by atoms with Crippen molar-refractivity contribution < 1.29 is 31.2 Å². The van der Waals surface area contributed by atoms with Crippen molar-refractivity contribution in [3.05, 3.63) is 28.5 Å². The summed E-state index contributed by atoms with van der Waals surface area (Å²) in [6.07, 6.45) is -1.37. The number of aromatic nitrogens is 2. The Kier molecular flexibility index (Phi) is 8.76. The fourth-order valence-electron chi connectivity index (χ4n) is 3.85. The van der Waals surface area contributed by atoms with Crippen molar-refractivity contribution >= 4 is 38.8 Å². The number of unbranched alkanes of at least 4 members (excludes halogenated alkanes) is 1. The quantitative estimate of drug-likeness (QED) is 0.407. The van der Waals surface area contributed by atoms with Gasteiger partial charge in [-0.3, -0.25) is 9.59 Å². The van der Waals surface area contributed by atoms with Gasteiger partial charge in [-0.1, -0.05) is 19.8 Å². The summed E-state index contributed by atoms with van der Waals surface area (Å²) in [5.41, 5.74) is -2.30. The Morgan fingerprint density at radius 3 is 2.39 bits per heavy atom. The number of carbonyl (C=O) groups excluding carboxylic acids is 2. The highest BCUT2D eigenvalue weighted by Crippen LogP contribution is 2.41. The van der Waals surface area contributed by atoms with E-state index in [0.29, 0.717) is 17.8 Å². The van der Waals surface area contributed by atoms with E-state index in [4.69, 9.17) is 0 Å². The van der Waals surface area contributed by atoms with Gasteiger partial charge in [0.15, 0.2) is 14.8 Å². The summed E-state index contributed by atoms with van der Waals surface area (Å²) in [6.45, 7) is 9.10. The molecule has 2 aromatic rings. The van der Waals surface area contributed by atoms with Crippen LogP contribution < -0.4 is 16.0 Å². The molecule has 0 aromatic carbocycles. The molecule has 3 N–H and O–H groups in total. The minimum atomic E-state index is -4.79. The molecule has 9 nitrogen and oxygen atoms in total. The van der Waals surface area contributed by atoms with E-state index >= 15 is 0 Å². The van der Waals surface area contributed by atoms with E-state index in [1.165, 1.54) is 0 Å². The number of nitrogens with one attached hydrogen (secondary N) is 3. The number of halogens is 3. The van der Waals surface area contributed by atoms with Crippen LogP contribution in [0.4, 0.5) is 19.0 Å². The summed E-state index contributed by atoms with van der Waals surface area (Å²) < 4.78 is 65.4. The first-order chi connectivity index (χ1) is 17.5. The van der Waals surface area contributed by atoms with E-state index in [1.54, 1.807) is 27.7 Å². The van der Waals surface area contributed by atoms with E-state index in [0.717, 1.165) is 25.1 Å². The van der Waals surface area contributed by atoms with Crippen molar-refractivity contribution in [3.63, 3.8) is 0 Å². The average molecular weight is 576 g/mol. The maximum atomic E-state index is 14.2. The van der Waals surface area contributed by atoms with Crippen LogP contribution in [0.3, 0.4) is 0 Å². The van der Waals surface area contributed by atoms with E-state index in [1.807, 2.05) is 6.92 Å². The number of amides is 2. The summed E-state index contributed by atoms with van der Waals surface area (Å²) in [4.78, 5) is 34.0. The molecule has 0 saturated carbocycles. The lowest BCUT2D eigenvalue weighted by Crippen LogP contribution is -2.52. The molecule has 38 heavy (non-hydrogen) atoms. The van der Waals surface area contributed by atoms with Crippen molar-refractivity contribution in [2.24, 2.45) is 0 Å². The maximum absolute atomic E-state index is 14.2. The molecule has 1 aliphatic rings. The van der Waals surface area contributed by atoms with Crippen molar-refractivity contribution in [2.45, 2.75) is 77.7 Å². The van der Waals surface area contributed by atoms with Gasteiger partial charge in [-0.25, -0.2) is 18.4 Å². The molecule has 0 spiro atoms. The van der Waals surface area contributed by atoms with Crippen LogP contribution in [0.15, 0.2) is 12.3 Å². The van der Waals surface area contributed by atoms with Crippen molar-refractivity contribution in [1.82, 2.24) is 20.6 Å². The second kappa shape index (κ2) is 11.2. The van der Waals surface area contributed by atoms with Crippen LogP contribution >= 0.6 is 11.3 Å². The fraction of sp³-hybridized carbons (Fsp3) is 0.583. The minimum absolute atomic E-state index is 0.00133. The molecule has 1 aliphatic heterocycles. The predicted molar refractivity (Wildman–Crippen MR) is 140 cm³/mol. The number of carbonyl (C=O) groups is 2. The fourth-order valence-corrected chi connectivity index (χ4v) is 6.13. The third kappa shape index (κ3) is 7.65. The van der Waals surface area contributed by atoms with Gasteiger partial charge < -0.3 is 16.0 Å². The van der Waals surface area contributed by atoms with E-state index in [2.05, 4.69) is 25.9 Å². The van der Waals surface area contributed by atoms with Crippen molar-refractivity contribution in [3.8, 4) is 10.4 Å². The normalized spacial score (nSPS) is 16.4. The SMILES string of the molecule is CCCC[C@H](C)NC(=O)c1nc(C(=O)NC2CS(=O)(=O)C2)sc1-c1cnc(NC(C)(C)C)cc1C(F)(F)F. The highest BCUT2D eigenvalue weighted by molar-refractivity contribution is 7.92. The lowest BCUT2D eigenvalue weighted by atomic mass is 10.0. The van der Waals surface area contributed by atoms with Crippen LogP contribution in [0, 0.1) is 0 Å². The molecule has 2 amide bonds.